The lowest BCUT2D eigenvalue weighted by Gasteiger charge is -2.20. The minimum atomic E-state index is -4.61. The first kappa shape index (κ1) is 59.0. The topological polar surface area (TPSA) is 149 Å². The zero-order chi connectivity index (χ0) is 44.0. The summed E-state index contributed by atoms with van der Waals surface area (Å²) in [6.45, 7) is 2.44. The van der Waals surface area contributed by atoms with Gasteiger partial charge in [0, 0.05) is 12.8 Å². The Kier molecular flexibility index (Phi) is 45.2. The van der Waals surface area contributed by atoms with Crippen molar-refractivity contribution in [3.63, 3.8) is 0 Å². The molecule has 3 N–H and O–H groups in total. The molecule has 1 unspecified atom stereocenters. The molecule has 0 spiro atoms. The molecule has 0 aliphatic heterocycles. The Morgan fingerprint density at radius 3 is 1.03 bits per heavy atom. The van der Waals surface area contributed by atoms with Crippen LogP contribution in [0.15, 0.2) is 0 Å². The van der Waals surface area contributed by atoms with E-state index >= 15 is 0 Å². The van der Waals surface area contributed by atoms with E-state index in [9.17, 15) is 24.2 Å². The molecule has 0 radical (unpaired) electrons. The van der Waals surface area contributed by atoms with Crippen LogP contribution in [0.25, 0.3) is 0 Å². The summed E-state index contributed by atoms with van der Waals surface area (Å²) in [5, 5.41) is 18.4. The normalized spacial score (nSPS) is 13.6. The summed E-state index contributed by atoms with van der Waals surface area (Å²) in [7, 11) is -4.61. The van der Waals surface area contributed by atoms with Gasteiger partial charge < -0.3 is 24.6 Å². The average Bonchev–Trinajstić information content (AvgIpc) is 3.24. The maximum Gasteiger partial charge on any atom is 0.472 e. The van der Waals surface area contributed by atoms with E-state index in [2.05, 4.69) is 13.8 Å². The SMILES string of the molecule is CCCCCCCCCCCCCCCCCCCCCCCCCC(=O)OC[C@@H](COP(=O)(O)OC[C@H](O)CO)OC(=O)CCCCCCCCCCCCCCCC. The summed E-state index contributed by atoms with van der Waals surface area (Å²) in [5.74, 6) is -0.904. The van der Waals surface area contributed by atoms with Gasteiger partial charge >= 0.3 is 19.8 Å². The predicted molar refractivity (Wildman–Crippen MR) is 247 cm³/mol. The highest BCUT2D eigenvalue weighted by molar-refractivity contribution is 7.47. The maximum absolute atomic E-state index is 12.6. The quantitative estimate of drug-likeness (QED) is 0.0306. The van der Waals surface area contributed by atoms with Gasteiger partial charge in [0.2, 0.25) is 0 Å². The molecule has 358 valence electrons. The van der Waals surface area contributed by atoms with Crippen LogP contribution in [0.2, 0.25) is 0 Å². The number of rotatable bonds is 49. The number of phosphoric acid groups is 1. The summed E-state index contributed by atoms with van der Waals surface area (Å²) in [6.07, 6.45) is 45.1. The molecule has 0 fully saturated rings. The van der Waals surface area contributed by atoms with E-state index < -0.39 is 51.8 Å². The molecule has 3 atom stereocenters. The predicted octanol–water partition coefficient (Wildman–Crippen LogP) is 14.2. The van der Waals surface area contributed by atoms with E-state index in [1.807, 2.05) is 0 Å². The molecule has 0 aromatic heterocycles. The first-order valence-electron chi connectivity index (χ1n) is 25.5. The molecule has 0 aliphatic rings. The molecular weight excluding hydrogens is 780 g/mol. The first-order chi connectivity index (χ1) is 29.2. The van der Waals surface area contributed by atoms with E-state index in [-0.39, 0.29) is 19.4 Å². The van der Waals surface area contributed by atoms with Gasteiger partial charge in [0.1, 0.15) is 12.7 Å². The zero-order valence-electron chi connectivity index (χ0n) is 39.2. The third kappa shape index (κ3) is 45.0. The van der Waals surface area contributed by atoms with Gasteiger partial charge in [0.15, 0.2) is 6.10 Å². The van der Waals surface area contributed by atoms with E-state index in [0.717, 1.165) is 32.1 Å². The van der Waals surface area contributed by atoms with Gasteiger partial charge in [-0.3, -0.25) is 18.6 Å². The van der Waals surface area contributed by atoms with Crippen LogP contribution in [-0.2, 0) is 32.7 Å². The molecular formula is C49H97O10P. The Balaban J connectivity index is 4.07. The third-order valence-corrected chi connectivity index (χ3v) is 12.5. The largest absolute Gasteiger partial charge is 0.472 e. The van der Waals surface area contributed by atoms with E-state index in [4.69, 9.17) is 23.6 Å². The van der Waals surface area contributed by atoms with Crippen LogP contribution < -0.4 is 0 Å². The molecule has 0 saturated carbocycles. The number of hydrogen-bond acceptors (Lipinski definition) is 9. The smallest absolute Gasteiger partial charge is 0.462 e. The highest BCUT2D eigenvalue weighted by Crippen LogP contribution is 2.43. The molecule has 0 aliphatic carbocycles. The van der Waals surface area contributed by atoms with Crippen LogP contribution >= 0.6 is 7.82 Å². The Labute approximate surface area is 369 Å². The van der Waals surface area contributed by atoms with Crippen molar-refractivity contribution < 1.29 is 47.8 Å². The fourth-order valence-electron chi connectivity index (χ4n) is 7.59. The molecule has 0 amide bonds. The fourth-order valence-corrected chi connectivity index (χ4v) is 8.37. The van der Waals surface area contributed by atoms with Crippen molar-refractivity contribution in [2.24, 2.45) is 0 Å². The van der Waals surface area contributed by atoms with Crippen molar-refractivity contribution >= 4 is 19.8 Å². The number of carbonyl (C=O) groups excluding carboxylic acids is 2. The summed E-state index contributed by atoms with van der Waals surface area (Å²) in [6, 6.07) is 0. The van der Waals surface area contributed by atoms with Crippen molar-refractivity contribution in [1.29, 1.82) is 0 Å². The third-order valence-electron chi connectivity index (χ3n) is 11.5. The average molecular weight is 877 g/mol. The molecule has 0 rings (SSSR count). The molecule has 0 aromatic carbocycles. The molecule has 0 saturated heterocycles. The van der Waals surface area contributed by atoms with Crippen LogP contribution in [0.1, 0.15) is 264 Å². The second-order valence-electron chi connectivity index (χ2n) is 17.6. The number of hydrogen-bond donors (Lipinski definition) is 3. The molecule has 10 nitrogen and oxygen atoms in total. The second kappa shape index (κ2) is 46.0. The molecule has 0 aromatic rings. The number of carbonyl (C=O) groups is 2. The molecule has 11 heteroatoms. The Morgan fingerprint density at radius 2 is 0.717 bits per heavy atom. The summed E-state index contributed by atoms with van der Waals surface area (Å²) < 4.78 is 32.8. The van der Waals surface area contributed by atoms with Crippen molar-refractivity contribution in [1.82, 2.24) is 0 Å². The fraction of sp³-hybridized carbons (Fsp3) is 0.959. The van der Waals surface area contributed by atoms with Crippen LogP contribution in [0.5, 0.6) is 0 Å². The Morgan fingerprint density at radius 1 is 0.433 bits per heavy atom. The minimum absolute atomic E-state index is 0.192. The Bertz CT molecular complexity index is 966. The van der Waals surface area contributed by atoms with Crippen LogP contribution in [0, 0.1) is 0 Å². The first-order valence-corrected chi connectivity index (χ1v) is 27.0. The van der Waals surface area contributed by atoms with Crippen LogP contribution in [0.4, 0.5) is 0 Å². The van der Waals surface area contributed by atoms with Crippen LogP contribution in [-0.4, -0.2) is 65.7 Å². The van der Waals surface area contributed by atoms with Crippen molar-refractivity contribution in [2.45, 2.75) is 276 Å². The van der Waals surface area contributed by atoms with Gasteiger partial charge in [-0.2, -0.15) is 0 Å². The van der Waals surface area contributed by atoms with Crippen molar-refractivity contribution in [2.75, 3.05) is 26.4 Å². The Hall–Kier alpha value is -1.03. The number of phosphoric ester groups is 1. The van der Waals surface area contributed by atoms with Crippen molar-refractivity contribution in [3.8, 4) is 0 Å². The molecule has 0 heterocycles. The van der Waals surface area contributed by atoms with E-state index in [0.29, 0.717) is 12.8 Å². The summed E-state index contributed by atoms with van der Waals surface area (Å²) >= 11 is 0. The lowest BCUT2D eigenvalue weighted by Crippen LogP contribution is -2.29. The maximum atomic E-state index is 12.6. The molecule has 60 heavy (non-hydrogen) atoms. The van der Waals surface area contributed by atoms with Gasteiger partial charge in [-0.05, 0) is 12.8 Å². The monoisotopic (exact) mass is 877 g/mol. The van der Waals surface area contributed by atoms with E-state index in [1.54, 1.807) is 0 Å². The summed E-state index contributed by atoms with van der Waals surface area (Å²) in [5.41, 5.74) is 0. The highest BCUT2D eigenvalue weighted by atomic mass is 31.2. The number of aliphatic hydroxyl groups is 2. The number of ether oxygens (including phenoxy) is 2. The minimum Gasteiger partial charge on any atom is -0.462 e. The lowest BCUT2D eigenvalue weighted by atomic mass is 10.0. The lowest BCUT2D eigenvalue weighted by molar-refractivity contribution is -0.161. The van der Waals surface area contributed by atoms with Gasteiger partial charge in [0.25, 0.3) is 0 Å². The standard InChI is InChI=1S/C49H97O10P/c1-3-5-7-9-11-13-15-17-19-20-21-22-23-24-25-26-27-29-30-32-34-36-38-40-48(52)56-44-47(45-58-60(54,55)57-43-46(51)42-50)59-49(53)41-39-37-35-33-31-28-18-16-14-12-10-8-6-4-2/h46-47,50-51H,3-45H2,1-2H3,(H,54,55)/t46-,47+/m1/s1. The molecule has 0 bridgehead atoms. The zero-order valence-corrected chi connectivity index (χ0v) is 40.1. The number of aliphatic hydroxyl groups excluding tert-OH is 2. The van der Waals surface area contributed by atoms with Gasteiger partial charge in [-0.25, -0.2) is 4.57 Å². The van der Waals surface area contributed by atoms with E-state index in [1.165, 1.54) is 193 Å². The van der Waals surface area contributed by atoms with Crippen LogP contribution in [0.3, 0.4) is 0 Å². The second-order valence-corrected chi connectivity index (χ2v) is 19.0. The summed E-state index contributed by atoms with van der Waals surface area (Å²) in [4.78, 5) is 35.1. The van der Waals surface area contributed by atoms with Gasteiger partial charge in [0.05, 0.1) is 19.8 Å². The highest BCUT2D eigenvalue weighted by Gasteiger charge is 2.27. The number of esters is 2. The van der Waals surface area contributed by atoms with Gasteiger partial charge in [-0.15, -0.1) is 0 Å². The number of unbranched alkanes of at least 4 members (excludes halogenated alkanes) is 35. The van der Waals surface area contributed by atoms with Gasteiger partial charge in [-0.1, -0.05) is 239 Å². The van der Waals surface area contributed by atoms with Crippen molar-refractivity contribution in [3.05, 3.63) is 0 Å².